The molecular formula is C26H20ClF3N8O2S2. The number of fused-ring (bicyclic) bond motifs is 1. The van der Waals surface area contributed by atoms with Gasteiger partial charge in [-0.15, -0.1) is 0 Å². The SMILES string of the molecule is COc1ccccc1NC(=S)Nc1nc(Nc2nc3c(OC)cccc3s2)nc(Nc2ccc(C(F)(F)F)cc2Cl)n1. The normalized spacial score (nSPS) is 11.2. The monoisotopic (exact) mass is 632 g/mol. The van der Waals surface area contributed by atoms with Gasteiger partial charge in [0.05, 0.1) is 40.9 Å². The highest BCUT2D eigenvalue weighted by Gasteiger charge is 2.31. The minimum absolute atomic E-state index is 0.0177. The molecule has 5 aromatic rings. The van der Waals surface area contributed by atoms with Crippen molar-refractivity contribution < 1.29 is 22.6 Å². The van der Waals surface area contributed by atoms with Gasteiger partial charge < -0.3 is 25.4 Å². The maximum atomic E-state index is 13.1. The lowest BCUT2D eigenvalue weighted by Crippen LogP contribution is -2.21. The third-order valence-corrected chi connectivity index (χ3v) is 7.03. The van der Waals surface area contributed by atoms with Crippen molar-refractivity contribution in [3.05, 3.63) is 71.2 Å². The topological polar surface area (TPSA) is 118 Å². The van der Waals surface area contributed by atoms with Crippen LogP contribution in [0, 0.1) is 0 Å². The van der Waals surface area contributed by atoms with Crippen LogP contribution >= 0.6 is 35.2 Å². The van der Waals surface area contributed by atoms with Crippen molar-refractivity contribution in [3.8, 4) is 11.5 Å². The molecule has 3 aromatic carbocycles. The average molecular weight is 633 g/mol. The number of nitrogens with one attached hydrogen (secondary N) is 4. The minimum atomic E-state index is -4.55. The lowest BCUT2D eigenvalue weighted by Gasteiger charge is -2.14. The minimum Gasteiger partial charge on any atom is -0.495 e. The number of thiazole rings is 1. The molecule has 0 atom stereocenters. The van der Waals surface area contributed by atoms with Crippen molar-refractivity contribution in [2.24, 2.45) is 0 Å². The van der Waals surface area contributed by atoms with E-state index in [1.165, 1.54) is 24.5 Å². The molecule has 0 unspecified atom stereocenters. The highest BCUT2D eigenvalue weighted by molar-refractivity contribution is 7.80. The number of ether oxygens (including phenoxy) is 2. The predicted octanol–water partition coefficient (Wildman–Crippen LogP) is 7.47. The lowest BCUT2D eigenvalue weighted by molar-refractivity contribution is -0.137. The number of benzene rings is 3. The molecule has 0 aliphatic carbocycles. The first-order valence-electron chi connectivity index (χ1n) is 11.9. The fourth-order valence-corrected chi connectivity index (χ4v) is 5.00. The Balaban J connectivity index is 1.46. The second kappa shape index (κ2) is 12.2. The molecule has 0 aliphatic rings. The quantitative estimate of drug-likeness (QED) is 0.128. The number of hydrogen-bond acceptors (Lipinski definition) is 10. The van der Waals surface area contributed by atoms with Gasteiger partial charge in [0.2, 0.25) is 17.8 Å². The van der Waals surface area contributed by atoms with Crippen molar-refractivity contribution in [1.29, 1.82) is 0 Å². The summed E-state index contributed by atoms with van der Waals surface area (Å²) in [6, 6.07) is 15.6. The number of hydrogen-bond donors (Lipinski definition) is 4. The first kappa shape index (κ1) is 29.0. The first-order valence-corrected chi connectivity index (χ1v) is 13.5. The molecule has 0 radical (unpaired) electrons. The molecule has 0 spiro atoms. The van der Waals surface area contributed by atoms with Crippen LogP contribution in [-0.4, -0.2) is 39.3 Å². The van der Waals surface area contributed by atoms with Crippen LogP contribution in [-0.2, 0) is 6.18 Å². The number of aromatic nitrogens is 4. The Morgan fingerprint density at radius 1 is 0.810 bits per heavy atom. The van der Waals surface area contributed by atoms with E-state index in [0.29, 0.717) is 27.8 Å². The number of thiocarbonyl (C=S) groups is 1. The highest BCUT2D eigenvalue weighted by Crippen LogP contribution is 2.36. The second-order valence-electron chi connectivity index (χ2n) is 8.35. The molecule has 216 valence electrons. The zero-order valence-electron chi connectivity index (χ0n) is 21.7. The molecule has 16 heteroatoms. The third kappa shape index (κ3) is 6.70. The third-order valence-electron chi connectivity index (χ3n) is 5.58. The van der Waals surface area contributed by atoms with Crippen LogP contribution in [0.3, 0.4) is 0 Å². The van der Waals surface area contributed by atoms with Crippen molar-refractivity contribution in [2.45, 2.75) is 6.18 Å². The number of rotatable bonds is 8. The van der Waals surface area contributed by atoms with E-state index < -0.39 is 11.7 Å². The Hall–Kier alpha value is -4.47. The molecule has 0 aliphatic heterocycles. The fourth-order valence-electron chi connectivity index (χ4n) is 3.70. The molecule has 2 heterocycles. The van der Waals surface area contributed by atoms with Gasteiger partial charge in [0.1, 0.15) is 17.0 Å². The van der Waals surface area contributed by atoms with E-state index in [0.717, 1.165) is 16.8 Å². The van der Waals surface area contributed by atoms with Crippen LogP contribution in [0.4, 0.5) is 47.5 Å². The van der Waals surface area contributed by atoms with E-state index in [1.54, 1.807) is 31.4 Å². The summed E-state index contributed by atoms with van der Waals surface area (Å²) in [5.41, 5.74) is 0.504. The molecular weight excluding hydrogens is 613 g/mol. The van der Waals surface area contributed by atoms with Gasteiger partial charge in [0.25, 0.3) is 0 Å². The lowest BCUT2D eigenvalue weighted by atomic mass is 10.2. The van der Waals surface area contributed by atoms with E-state index >= 15 is 0 Å². The van der Waals surface area contributed by atoms with Crippen LogP contribution in [0.2, 0.25) is 5.02 Å². The zero-order chi connectivity index (χ0) is 29.9. The van der Waals surface area contributed by atoms with Crippen LogP contribution < -0.4 is 30.7 Å². The van der Waals surface area contributed by atoms with Gasteiger partial charge in [-0.05, 0) is 54.7 Å². The van der Waals surface area contributed by atoms with Crippen molar-refractivity contribution in [1.82, 2.24) is 19.9 Å². The molecule has 0 bridgehead atoms. The van der Waals surface area contributed by atoms with Crippen LogP contribution in [0.5, 0.6) is 11.5 Å². The van der Waals surface area contributed by atoms with Gasteiger partial charge >= 0.3 is 6.18 Å². The van der Waals surface area contributed by atoms with Crippen LogP contribution in [0.25, 0.3) is 10.2 Å². The fraction of sp³-hybridized carbons (Fsp3) is 0.115. The molecule has 42 heavy (non-hydrogen) atoms. The maximum Gasteiger partial charge on any atom is 0.416 e. The Kier molecular flexibility index (Phi) is 8.42. The van der Waals surface area contributed by atoms with Crippen LogP contribution in [0.1, 0.15) is 5.56 Å². The molecule has 0 amide bonds. The number of para-hydroxylation sites is 3. The van der Waals surface area contributed by atoms with Crippen molar-refractivity contribution in [3.63, 3.8) is 0 Å². The Morgan fingerprint density at radius 2 is 1.50 bits per heavy atom. The number of nitrogens with zero attached hydrogens (tertiary/aromatic N) is 4. The van der Waals surface area contributed by atoms with E-state index in [-0.39, 0.29) is 33.7 Å². The molecule has 5 rings (SSSR count). The molecule has 0 saturated heterocycles. The zero-order valence-corrected chi connectivity index (χ0v) is 24.1. The first-order chi connectivity index (χ1) is 20.1. The molecule has 0 saturated carbocycles. The van der Waals surface area contributed by atoms with Crippen LogP contribution in [0.15, 0.2) is 60.7 Å². The standard InChI is InChI=1S/C26H20ClF3N8O2S2/c1-39-17-7-4-3-6-16(17)32-24(41)37-22-34-21(31-15-11-10-13(12-14(15)27)26(28,29)30)35-23(36-22)38-25-33-20-18(40-2)8-5-9-19(20)42-25/h3-12H,1-2H3,(H4,31,32,33,34,35,36,37,38,41). The Labute approximate surface area is 251 Å². The molecule has 4 N–H and O–H groups in total. The number of methoxy groups -OCH3 is 2. The van der Waals surface area contributed by atoms with E-state index in [2.05, 4.69) is 41.2 Å². The summed E-state index contributed by atoms with van der Waals surface area (Å²) in [6.07, 6.45) is -4.55. The van der Waals surface area contributed by atoms with E-state index in [4.69, 9.17) is 33.3 Å². The van der Waals surface area contributed by atoms with E-state index in [1.807, 2.05) is 18.2 Å². The largest absolute Gasteiger partial charge is 0.495 e. The maximum absolute atomic E-state index is 13.1. The predicted molar refractivity (Wildman–Crippen MR) is 162 cm³/mol. The van der Waals surface area contributed by atoms with Crippen molar-refractivity contribution >= 4 is 84.8 Å². The Bertz CT molecular complexity index is 1770. The second-order valence-corrected chi connectivity index (χ2v) is 10.2. The summed E-state index contributed by atoms with van der Waals surface area (Å²) in [4.78, 5) is 17.6. The molecule has 2 aromatic heterocycles. The van der Waals surface area contributed by atoms with Gasteiger partial charge in [-0.3, -0.25) is 5.32 Å². The summed E-state index contributed by atoms with van der Waals surface area (Å²) in [5, 5.41) is 12.2. The van der Waals surface area contributed by atoms with E-state index in [9.17, 15) is 13.2 Å². The van der Waals surface area contributed by atoms with Gasteiger partial charge in [-0.1, -0.05) is 41.1 Å². The Morgan fingerprint density at radius 3 is 2.21 bits per heavy atom. The summed E-state index contributed by atoms with van der Waals surface area (Å²) in [5.74, 6) is 1.21. The summed E-state index contributed by atoms with van der Waals surface area (Å²) in [6.45, 7) is 0. The van der Waals surface area contributed by atoms with Crippen molar-refractivity contribution in [2.75, 3.05) is 35.5 Å². The smallest absolute Gasteiger partial charge is 0.416 e. The number of alkyl halides is 3. The van der Waals surface area contributed by atoms with Gasteiger partial charge in [0, 0.05) is 0 Å². The molecule has 0 fully saturated rings. The number of anilines is 6. The summed E-state index contributed by atoms with van der Waals surface area (Å²) in [7, 11) is 3.08. The summed E-state index contributed by atoms with van der Waals surface area (Å²) >= 11 is 12.9. The van der Waals surface area contributed by atoms with Gasteiger partial charge in [-0.2, -0.15) is 28.1 Å². The van der Waals surface area contributed by atoms with Gasteiger partial charge in [0.15, 0.2) is 10.2 Å². The summed E-state index contributed by atoms with van der Waals surface area (Å²) < 4.78 is 51.0. The highest BCUT2D eigenvalue weighted by atomic mass is 35.5. The average Bonchev–Trinajstić information content (AvgIpc) is 3.36. The van der Waals surface area contributed by atoms with Gasteiger partial charge in [-0.25, -0.2) is 4.98 Å². The molecule has 10 nitrogen and oxygen atoms in total. The number of halogens is 4.